The van der Waals surface area contributed by atoms with Gasteiger partial charge in [-0.1, -0.05) is 25.6 Å². The van der Waals surface area contributed by atoms with Crippen molar-refractivity contribution in [3.63, 3.8) is 0 Å². The highest BCUT2D eigenvalue weighted by atomic mass is 32.2. The van der Waals surface area contributed by atoms with E-state index in [1.165, 1.54) is 6.42 Å². The highest BCUT2D eigenvalue weighted by Gasteiger charge is 2.21. The summed E-state index contributed by atoms with van der Waals surface area (Å²) in [5.74, 6) is 0. The summed E-state index contributed by atoms with van der Waals surface area (Å²) in [5, 5.41) is 5.20. The van der Waals surface area contributed by atoms with Gasteiger partial charge in [0, 0.05) is 24.9 Å². The van der Waals surface area contributed by atoms with Gasteiger partial charge in [0.25, 0.3) is 0 Å². The third kappa shape index (κ3) is 3.86. The second-order valence-electron chi connectivity index (χ2n) is 4.56. The van der Waals surface area contributed by atoms with E-state index in [0.29, 0.717) is 11.4 Å². The Labute approximate surface area is 108 Å². The molecule has 4 nitrogen and oxygen atoms in total. The molecule has 0 aromatic heterocycles. The number of ether oxygens (including phenoxy) is 1. The zero-order chi connectivity index (χ0) is 12.1. The van der Waals surface area contributed by atoms with Crippen LogP contribution in [0.15, 0.2) is 4.99 Å². The van der Waals surface area contributed by atoms with Crippen molar-refractivity contribution in [2.75, 3.05) is 39.3 Å². The van der Waals surface area contributed by atoms with Crippen molar-refractivity contribution < 1.29 is 4.74 Å². The Morgan fingerprint density at radius 2 is 2.41 bits per heavy atom. The molecule has 1 N–H and O–H groups in total. The molecule has 1 fully saturated rings. The molecule has 98 valence electrons. The average Bonchev–Trinajstić information content (AvgIpc) is 2.84. The number of amidine groups is 1. The maximum atomic E-state index is 5.75. The van der Waals surface area contributed by atoms with Crippen LogP contribution in [0.3, 0.4) is 0 Å². The first-order chi connectivity index (χ1) is 8.31. The third-order valence-electron chi connectivity index (χ3n) is 3.32. The smallest absolute Gasteiger partial charge is 0.157 e. The molecule has 1 saturated heterocycles. The van der Waals surface area contributed by atoms with Gasteiger partial charge in [-0.2, -0.15) is 0 Å². The van der Waals surface area contributed by atoms with Crippen molar-refractivity contribution in [3.05, 3.63) is 0 Å². The molecule has 0 aromatic carbocycles. The lowest BCUT2D eigenvalue weighted by molar-refractivity contribution is -0.0232. The largest absolute Gasteiger partial charge is 0.374 e. The maximum Gasteiger partial charge on any atom is 0.157 e. The van der Waals surface area contributed by atoms with E-state index < -0.39 is 0 Å². The Bertz CT molecular complexity index is 272. The fraction of sp³-hybridized carbons (Fsp3) is 0.917. The van der Waals surface area contributed by atoms with Gasteiger partial charge >= 0.3 is 0 Å². The Hall–Kier alpha value is -0.260. The second-order valence-corrected chi connectivity index (χ2v) is 5.85. The lowest BCUT2D eigenvalue weighted by atomic mass is 10.2. The topological polar surface area (TPSA) is 36.9 Å². The Balaban J connectivity index is 1.68. The highest BCUT2D eigenvalue weighted by Crippen LogP contribution is 2.21. The van der Waals surface area contributed by atoms with Crippen LogP contribution < -0.4 is 5.32 Å². The summed E-state index contributed by atoms with van der Waals surface area (Å²) in [4.78, 5) is 6.95. The van der Waals surface area contributed by atoms with Crippen LogP contribution in [0.5, 0.6) is 0 Å². The van der Waals surface area contributed by atoms with Crippen LogP contribution in [0.25, 0.3) is 0 Å². The molecule has 0 spiro atoms. The zero-order valence-electron chi connectivity index (χ0n) is 10.8. The fourth-order valence-corrected chi connectivity index (χ4v) is 3.07. The number of aliphatic imine (C=N–C) groups is 1. The minimum Gasteiger partial charge on any atom is -0.374 e. The lowest BCUT2D eigenvalue weighted by Crippen LogP contribution is -2.47. The molecule has 2 aliphatic heterocycles. The second kappa shape index (κ2) is 6.61. The van der Waals surface area contributed by atoms with Crippen molar-refractivity contribution >= 4 is 16.9 Å². The molecule has 0 radical (unpaired) electrons. The predicted molar refractivity (Wildman–Crippen MR) is 73.8 cm³/mol. The van der Waals surface area contributed by atoms with E-state index in [-0.39, 0.29) is 0 Å². The minimum atomic E-state index is 0.313. The number of thioether (sulfide) groups is 1. The molecule has 2 unspecified atom stereocenters. The summed E-state index contributed by atoms with van der Waals surface area (Å²) in [6, 6.07) is 0. The summed E-state index contributed by atoms with van der Waals surface area (Å²) in [7, 11) is 0. The number of morpholine rings is 1. The summed E-state index contributed by atoms with van der Waals surface area (Å²) < 4.78 is 5.75. The zero-order valence-corrected chi connectivity index (χ0v) is 11.6. The monoisotopic (exact) mass is 257 g/mol. The van der Waals surface area contributed by atoms with Crippen molar-refractivity contribution in [3.8, 4) is 0 Å². The van der Waals surface area contributed by atoms with E-state index in [9.17, 15) is 0 Å². The van der Waals surface area contributed by atoms with Crippen LogP contribution >= 0.6 is 11.8 Å². The summed E-state index contributed by atoms with van der Waals surface area (Å²) in [6.07, 6.45) is 1.51. The van der Waals surface area contributed by atoms with Crippen LogP contribution in [0, 0.1) is 0 Å². The first-order valence-electron chi connectivity index (χ1n) is 6.60. The van der Waals surface area contributed by atoms with Gasteiger partial charge in [-0.15, -0.1) is 0 Å². The molecule has 2 aliphatic rings. The molecule has 0 bridgehead atoms. The maximum absolute atomic E-state index is 5.75. The van der Waals surface area contributed by atoms with Gasteiger partial charge in [-0.25, -0.2) is 0 Å². The van der Waals surface area contributed by atoms with E-state index in [1.54, 1.807) is 0 Å². The molecule has 2 rings (SSSR count). The normalized spacial score (nSPS) is 30.4. The van der Waals surface area contributed by atoms with Gasteiger partial charge in [0.15, 0.2) is 5.17 Å². The lowest BCUT2D eigenvalue weighted by Gasteiger charge is -2.32. The molecule has 2 atom stereocenters. The summed E-state index contributed by atoms with van der Waals surface area (Å²) in [6.45, 7) is 10.4. The van der Waals surface area contributed by atoms with E-state index >= 15 is 0 Å². The quantitative estimate of drug-likeness (QED) is 0.820. The van der Waals surface area contributed by atoms with Gasteiger partial charge in [-0.3, -0.25) is 9.89 Å². The van der Waals surface area contributed by atoms with E-state index in [1.807, 2.05) is 11.8 Å². The molecular formula is C12H23N3OS. The van der Waals surface area contributed by atoms with E-state index in [2.05, 4.69) is 29.1 Å². The van der Waals surface area contributed by atoms with E-state index in [0.717, 1.165) is 44.5 Å². The molecule has 0 aliphatic carbocycles. The number of hydrogen-bond donors (Lipinski definition) is 1. The van der Waals surface area contributed by atoms with Gasteiger partial charge in [0.1, 0.15) is 0 Å². The fourth-order valence-electron chi connectivity index (χ4n) is 2.12. The Kier molecular flexibility index (Phi) is 5.13. The van der Waals surface area contributed by atoms with Crippen LogP contribution in [0.4, 0.5) is 0 Å². The molecule has 17 heavy (non-hydrogen) atoms. The molecule has 0 saturated carbocycles. The number of hydrogen-bond acceptors (Lipinski definition) is 5. The summed E-state index contributed by atoms with van der Waals surface area (Å²) >= 11 is 1.88. The number of likely N-dealkylation sites (N-methyl/N-ethyl adjacent to an activating group) is 1. The third-order valence-corrected chi connectivity index (χ3v) is 4.64. The molecule has 0 aromatic rings. The molecule has 0 amide bonds. The average molecular weight is 257 g/mol. The highest BCUT2D eigenvalue weighted by molar-refractivity contribution is 8.14. The Morgan fingerprint density at radius 3 is 3.12 bits per heavy atom. The van der Waals surface area contributed by atoms with Crippen molar-refractivity contribution in [2.24, 2.45) is 4.99 Å². The number of nitrogens with one attached hydrogen (secondary N) is 1. The van der Waals surface area contributed by atoms with Gasteiger partial charge < -0.3 is 10.1 Å². The number of nitrogens with zero attached hydrogens (tertiary/aromatic N) is 2. The van der Waals surface area contributed by atoms with Gasteiger partial charge in [0.05, 0.1) is 19.3 Å². The summed E-state index contributed by atoms with van der Waals surface area (Å²) in [5.41, 5.74) is 0. The molecule has 2 heterocycles. The molecule has 5 heteroatoms. The van der Waals surface area contributed by atoms with Crippen molar-refractivity contribution in [1.82, 2.24) is 10.2 Å². The van der Waals surface area contributed by atoms with Crippen molar-refractivity contribution in [1.29, 1.82) is 0 Å². The predicted octanol–water partition coefficient (Wildman–Crippen LogP) is 1.18. The van der Waals surface area contributed by atoms with Crippen LogP contribution in [0.1, 0.15) is 20.3 Å². The van der Waals surface area contributed by atoms with Crippen molar-refractivity contribution in [2.45, 2.75) is 31.6 Å². The number of rotatable bonds is 4. The van der Waals surface area contributed by atoms with Crippen LogP contribution in [0.2, 0.25) is 0 Å². The molecular weight excluding hydrogens is 234 g/mol. The Morgan fingerprint density at radius 1 is 1.53 bits per heavy atom. The SMILES string of the molecule is CCC1CN=C(NCC2CN(CC)CCO2)S1. The first kappa shape index (κ1) is 13.2. The van der Waals surface area contributed by atoms with Gasteiger partial charge in [-0.05, 0) is 13.0 Å². The first-order valence-corrected chi connectivity index (χ1v) is 7.48. The standard InChI is InChI=1S/C12H23N3OS/c1-3-11-8-14-12(17-11)13-7-10-9-15(4-2)5-6-16-10/h10-11H,3-9H2,1-2H3,(H,13,14). The van der Waals surface area contributed by atoms with Crippen LogP contribution in [-0.4, -0.2) is 60.8 Å². The van der Waals surface area contributed by atoms with Gasteiger partial charge in [0.2, 0.25) is 0 Å². The van der Waals surface area contributed by atoms with Crippen LogP contribution in [-0.2, 0) is 4.74 Å². The van der Waals surface area contributed by atoms with E-state index in [4.69, 9.17) is 4.74 Å². The minimum absolute atomic E-state index is 0.313.